The summed E-state index contributed by atoms with van der Waals surface area (Å²) in [6, 6.07) is -0.0974. The molecular weight excluding hydrogens is 306 g/mol. The second kappa shape index (κ2) is 7.21. The van der Waals surface area contributed by atoms with Crippen LogP contribution in [0.25, 0.3) is 0 Å². The third-order valence-corrected chi connectivity index (χ3v) is 4.22. The van der Waals surface area contributed by atoms with Gasteiger partial charge in [0.2, 0.25) is 5.28 Å². The molecular formula is C14H20ClN5O2. The van der Waals surface area contributed by atoms with E-state index in [0.29, 0.717) is 13.1 Å². The van der Waals surface area contributed by atoms with Crippen molar-refractivity contribution in [1.82, 2.24) is 25.2 Å². The van der Waals surface area contributed by atoms with E-state index in [9.17, 15) is 4.79 Å². The van der Waals surface area contributed by atoms with Crippen LogP contribution >= 0.6 is 11.6 Å². The third-order valence-electron chi connectivity index (χ3n) is 4.03. The molecule has 2 aliphatic heterocycles. The van der Waals surface area contributed by atoms with Crippen LogP contribution in [0, 0.1) is 0 Å². The van der Waals surface area contributed by atoms with Gasteiger partial charge in [-0.1, -0.05) is 0 Å². The number of carbonyl (C=O) groups excluding carboxylic acids is 1. The first-order valence-electron chi connectivity index (χ1n) is 7.66. The van der Waals surface area contributed by atoms with E-state index in [2.05, 4.69) is 15.3 Å². The minimum atomic E-state index is -0.263. The Kier molecular flexibility index (Phi) is 5.07. The molecule has 0 radical (unpaired) electrons. The van der Waals surface area contributed by atoms with Gasteiger partial charge < -0.3 is 15.1 Å². The smallest absolute Gasteiger partial charge is 0.350 e. The second-order valence-corrected chi connectivity index (χ2v) is 5.89. The van der Waals surface area contributed by atoms with Gasteiger partial charge in [0.15, 0.2) is 0 Å². The molecule has 120 valence electrons. The van der Waals surface area contributed by atoms with Gasteiger partial charge in [0.05, 0.1) is 6.04 Å². The first kappa shape index (κ1) is 15.5. The number of nitrogens with one attached hydrogen (secondary N) is 1. The van der Waals surface area contributed by atoms with Crippen molar-refractivity contribution in [2.24, 2.45) is 0 Å². The largest absolute Gasteiger partial charge is 0.428 e. The van der Waals surface area contributed by atoms with Gasteiger partial charge in [-0.05, 0) is 30.9 Å². The van der Waals surface area contributed by atoms with Crippen LogP contribution in [0.3, 0.4) is 0 Å². The lowest BCUT2D eigenvalue weighted by Crippen LogP contribution is -2.49. The van der Waals surface area contributed by atoms with E-state index in [0.717, 1.165) is 38.0 Å². The fourth-order valence-corrected chi connectivity index (χ4v) is 2.91. The van der Waals surface area contributed by atoms with Crippen LogP contribution in [0.2, 0.25) is 5.28 Å². The number of carbonyl (C=O) groups is 1. The van der Waals surface area contributed by atoms with E-state index < -0.39 is 0 Å². The monoisotopic (exact) mass is 325 g/mol. The Morgan fingerprint density at radius 3 is 2.68 bits per heavy atom. The van der Waals surface area contributed by atoms with Crippen LogP contribution in [-0.4, -0.2) is 58.7 Å². The minimum Gasteiger partial charge on any atom is -0.350 e. The second-order valence-electron chi connectivity index (χ2n) is 5.55. The molecule has 0 aromatic carbocycles. The van der Waals surface area contributed by atoms with Gasteiger partial charge in [-0.2, -0.15) is 0 Å². The average molecular weight is 326 g/mol. The van der Waals surface area contributed by atoms with Crippen LogP contribution in [-0.2, 0) is 4.84 Å². The summed E-state index contributed by atoms with van der Waals surface area (Å²) < 4.78 is 0. The molecule has 7 nitrogen and oxygen atoms in total. The summed E-state index contributed by atoms with van der Waals surface area (Å²) in [4.78, 5) is 27.7. The summed E-state index contributed by atoms with van der Waals surface area (Å²) in [7, 11) is 0. The van der Waals surface area contributed by atoms with Crippen molar-refractivity contribution in [3.63, 3.8) is 0 Å². The summed E-state index contributed by atoms with van der Waals surface area (Å²) >= 11 is 5.73. The quantitative estimate of drug-likeness (QED) is 0.833. The number of halogens is 1. The molecule has 8 heteroatoms. The van der Waals surface area contributed by atoms with E-state index in [-0.39, 0.29) is 17.4 Å². The summed E-state index contributed by atoms with van der Waals surface area (Å²) in [6.45, 7) is 3.64. The van der Waals surface area contributed by atoms with Gasteiger partial charge in [-0.25, -0.2) is 14.8 Å². The van der Waals surface area contributed by atoms with Crippen molar-refractivity contribution in [3.05, 3.63) is 23.2 Å². The van der Waals surface area contributed by atoms with Gasteiger partial charge in [-0.3, -0.25) is 0 Å². The number of likely N-dealkylation sites (tertiary alicyclic amines) is 1. The molecule has 2 aliphatic rings. The molecule has 1 unspecified atom stereocenters. The van der Waals surface area contributed by atoms with Gasteiger partial charge >= 0.3 is 6.09 Å². The molecule has 1 amide bonds. The lowest BCUT2D eigenvalue weighted by Gasteiger charge is -2.36. The Hall–Kier alpha value is -1.44. The molecule has 2 saturated heterocycles. The molecule has 3 heterocycles. The maximum absolute atomic E-state index is 12.3. The summed E-state index contributed by atoms with van der Waals surface area (Å²) in [6.07, 6.45) is 6.36. The number of hydrogen-bond donors (Lipinski definition) is 1. The molecule has 0 bridgehead atoms. The Balaban J connectivity index is 1.66. The molecule has 1 atom stereocenters. The van der Waals surface area contributed by atoms with Crippen LogP contribution in [0.15, 0.2) is 12.4 Å². The molecule has 3 rings (SSSR count). The zero-order valence-corrected chi connectivity index (χ0v) is 13.1. The van der Waals surface area contributed by atoms with Crippen molar-refractivity contribution < 1.29 is 9.63 Å². The predicted octanol–water partition coefficient (Wildman–Crippen LogP) is 1.61. The minimum absolute atomic E-state index is 0.0974. The number of rotatable bonds is 2. The first-order chi connectivity index (χ1) is 10.7. The van der Waals surface area contributed by atoms with Crippen molar-refractivity contribution in [2.45, 2.75) is 25.3 Å². The van der Waals surface area contributed by atoms with E-state index in [1.807, 2.05) is 0 Å². The fourth-order valence-electron chi connectivity index (χ4n) is 2.81. The van der Waals surface area contributed by atoms with Crippen molar-refractivity contribution in [1.29, 1.82) is 0 Å². The van der Waals surface area contributed by atoms with Crippen LogP contribution in [0.5, 0.6) is 0 Å². The van der Waals surface area contributed by atoms with Gasteiger partial charge in [0.25, 0.3) is 0 Å². The molecule has 2 fully saturated rings. The van der Waals surface area contributed by atoms with E-state index in [1.54, 1.807) is 22.4 Å². The maximum atomic E-state index is 12.3. The number of hydrogen-bond acceptors (Lipinski definition) is 6. The molecule has 22 heavy (non-hydrogen) atoms. The zero-order valence-electron chi connectivity index (χ0n) is 12.4. The maximum Gasteiger partial charge on any atom is 0.428 e. The Morgan fingerprint density at radius 1 is 1.23 bits per heavy atom. The highest BCUT2D eigenvalue weighted by Gasteiger charge is 2.29. The molecule has 0 spiro atoms. The normalized spacial score (nSPS) is 23.3. The van der Waals surface area contributed by atoms with Crippen molar-refractivity contribution in [3.8, 4) is 0 Å². The van der Waals surface area contributed by atoms with Crippen molar-refractivity contribution >= 4 is 17.7 Å². The van der Waals surface area contributed by atoms with Crippen molar-refractivity contribution in [2.75, 3.05) is 32.7 Å². The van der Waals surface area contributed by atoms with E-state index in [4.69, 9.17) is 16.4 Å². The summed E-state index contributed by atoms with van der Waals surface area (Å²) in [5, 5.41) is 5.23. The van der Waals surface area contributed by atoms with Gasteiger partial charge in [-0.15, -0.1) is 5.06 Å². The number of piperazine rings is 1. The lowest BCUT2D eigenvalue weighted by atomic mass is 10.1. The average Bonchev–Trinajstić information content (AvgIpc) is 2.57. The topological polar surface area (TPSA) is 70.6 Å². The highest BCUT2D eigenvalue weighted by molar-refractivity contribution is 6.28. The molecule has 1 N–H and O–H groups in total. The number of aromatic nitrogens is 2. The molecule has 0 saturated carbocycles. The van der Waals surface area contributed by atoms with E-state index >= 15 is 0 Å². The molecule has 1 aromatic heterocycles. The summed E-state index contributed by atoms with van der Waals surface area (Å²) in [5.74, 6) is 0. The standard InChI is InChI=1S/C14H20ClN5O2/c15-13-17-8-11(9-18-13)12-10-16-4-7-20(12)22-14(21)19-5-2-1-3-6-19/h8-9,12,16H,1-7,10H2. The first-order valence-corrected chi connectivity index (χ1v) is 8.03. The summed E-state index contributed by atoms with van der Waals surface area (Å²) in [5.41, 5.74) is 0.878. The number of nitrogens with zero attached hydrogens (tertiary/aromatic N) is 4. The number of amides is 1. The molecule has 0 aliphatic carbocycles. The molecule has 1 aromatic rings. The number of piperidine rings is 1. The Bertz CT molecular complexity index is 506. The highest BCUT2D eigenvalue weighted by atomic mass is 35.5. The van der Waals surface area contributed by atoms with Gasteiger partial charge in [0, 0.05) is 50.7 Å². The Labute approximate surface area is 134 Å². The fraction of sp³-hybridized carbons (Fsp3) is 0.643. The van der Waals surface area contributed by atoms with Gasteiger partial charge in [0.1, 0.15) is 0 Å². The van der Waals surface area contributed by atoms with Crippen LogP contribution < -0.4 is 5.32 Å². The van der Waals surface area contributed by atoms with Crippen LogP contribution in [0.4, 0.5) is 4.79 Å². The SMILES string of the molecule is O=C(ON1CCNCC1c1cnc(Cl)nc1)N1CCCCC1. The van der Waals surface area contributed by atoms with E-state index in [1.165, 1.54) is 6.42 Å². The lowest BCUT2D eigenvalue weighted by molar-refractivity contribution is -0.152. The zero-order chi connectivity index (χ0) is 15.4. The third kappa shape index (κ3) is 3.66. The number of hydroxylamine groups is 2. The highest BCUT2D eigenvalue weighted by Crippen LogP contribution is 2.23. The Morgan fingerprint density at radius 2 is 1.95 bits per heavy atom. The van der Waals surface area contributed by atoms with Crippen LogP contribution in [0.1, 0.15) is 30.9 Å². The predicted molar refractivity (Wildman–Crippen MR) is 81.3 cm³/mol.